The molecule has 1 aliphatic rings. The molecule has 0 heterocycles. The zero-order chi connectivity index (χ0) is 10.9. The molecule has 0 amide bonds. The van der Waals surface area contributed by atoms with Gasteiger partial charge in [-0.3, -0.25) is 0 Å². The molecule has 0 radical (unpaired) electrons. The highest BCUT2D eigenvalue weighted by Gasteiger charge is 2.37. The van der Waals surface area contributed by atoms with Crippen LogP contribution in [0.5, 0.6) is 0 Å². The van der Waals surface area contributed by atoms with Crippen LogP contribution >= 0.6 is 35.6 Å². The summed E-state index contributed by atoms with van der Waals surface area (Å²) in [6.07, 6.45) is 3.67. The molecule has 1 aliphatic carbocycles. The van der Waals surface area contributed by atoms with Gasteiger partial charge in [-0.15, -0.1) is 12.4 Å². The molecule has 1 saturated carbocycles. The van der Waals surface area contributed by atoms with Crippen LogP contribution in [0.15, 0.2) is 18.2 Å². The number of hydrogen-bond acceptors (Lipinski definition) is 1. The summed E-state index contributed by atoms with van der Waals surface area (Å²) in [7, 11) is 0. The normalized spacial score (nSPS) is 17.4. The van der Waals surface area contributed by atoms with E-state index in [1.807, 2.05) is 12.1 Å². The lowest BCUT2D eigenvalue weighted by atomic mass is 9.72. The number of benzene rings is 1. The van der Waals surface area contributed by atoms with Crippen molar-refractivity contribution in [1.29, 1.82) is 0 Å². The summed E-state index contributed by atoms with van der Waals surface area (Å²) in [4.78, 5) is 0. The van der Waals surface area contributed by atoms with Crippen molar-refractivity contribution >= 4 is 35.6 Å². The second kappa shape index (κ2) is 5.59. The predicted octanol–water partition coefficient (Wildman–Crippen LogP) is 4.40. The van der Waals surface area contributed by atoms with Crippen molar-refractivity contribution < 1.29 is 0 Å². The Bertz CT molecular complexity index is 361. The van der Waals surface area contributed by atoms with E-state index in [1.165, 1.54) is 24.8 Å². The minimum atomic E-state index is 0. The monoisotopic (exact) mass is 279 g/mol. The zero-order valence-electron chi connectivity index (χ0n) is 9.22. The fourth-order valence-electron chi connectivity index (χ4n) is 2.23. The van der Waals surface area contributed by atoms with E-state index in [9.17, 15) is 0 Å². The number of rotatable bonds is 3. The first-order valence-corrected chi connectivity index (χ1v) is 6.14. The van der Waals surface area contributed by atoms with Gasteiger partial charge < -0.3 is 5.32 Å². The van der Waals surface area contributed by atoms with Crippen LogP contribution in [0.4, 0.5) is 0 Å². The molecule has 1 aromatic rings. The molecule has 1 nitrogen and oxygen atoms in total. The molecule has 90 valence electrons. The molecular formula is C12H16Cl3N. The van der Waals surface area contributed by atoms with Crippen LogP contribution in [-0.4, -0.2) is 6.54 Å². The summed E-state index contributed by atoms with van der Waals surface area (Å²) in [6, 6.07) is 5.96. The summed E-state index contributed by atoms with van der Waals surface area (Å²) < 4.78 is 0. The van der Waals surface area contributed by atoms with Crippen LogP contribution in [0.1, 0.15) is 31.7 Å². The highest BCUT2D eigenvalue weighted by atomic mass is 35.5. The standard InChI is InChI=1S/C12H15Cl2N.ClH/c1-2-15-12(6-3-7-12)9-4-5-10(13)11(14)8-9;/h4-5,8,15H,2-3,6-7H2,1H3;1H. The van der Waals surface area contributed by atoms with Crippen LogP contribution in [-0.2, 0) is 5.54 Å². The lowest BCUT2D eigenvalue weighted by Gasteiger charge is -2.43. The summed E-state index contributed by atoms with van der Waals surface area (Å²) >= 11 is 12.0. The molecule has 1 aromatic carbocycles. The van der Waals surface area contributed by atoms with E-state index in [4.69, 9.17) is 23.2 Å². The van der Waals surface area contributed by atoms with Gasteiger partial charge in [0.1, 0.15) is 0 Å². The predicted molar refractivity (Wildman–Crippen MR) is 72.9 cm³/mol. The van der Waals surface area contributed by atoms with Crippen molar-refractivity contribution in [3.8, 4) is 0 Å². The van der Waals surface area contributed by atoms with E-state index in [0.717, 1.165) is 6.54 Å². The van der Waals surface area contributed by atoms with E-state index >= 15 is 0 Å². The third-order valence-electron chi connectivity index (χ3n) is 3.19. The van der Waals surface area contributed by atoms with Gasteiger partial charge in [0, 0.05) is 5.54 Å². The Morgan fingerprint density at radius 3 is 2.38 bits per heavy atom. The van der Waals surface area contributed by atoms with Crippen molar-refractivity contribution in [2.45, 2.75) is 31.7 Å². The number of halogens is 3. The van der Waals surface area contributed by atoms with E-state index in [2.05, 4.69) is 18.3 Å². The summed E-state index contributed by atoms with van der Waals surface area (Å²) in [5, 5.41) is 4.84. The fraction of sp³-hybridized carbons (Fsp3) is 0.500. The Balaban J connectivity index is 0.00000128. The quantitative estimate of drug-likeness (QED) is 0.865. The second-order valence-corrected chi connectivity index (χ2v) is 4.91. The largest absolute Gasteiger partial charge is 0.308 e. The fourth-order valence-corrected chi connectivity index (χ4v) is 2.53. The third-order valence-corrected chi connectivity index (χ3v) is 3.93. The van der Waals surface area contributed by atoms with Crippen LogP contribution in [0.3, 0.4) is 0 Å². The SMILES string of the molecule is CCNC1(c2ccc(Cl)c(Cl)c2)CCC1.Cl. The van der Waals surface area contributed by atoms with Crippen molar-refractivity contribution in [2.75, 3.05) is 6.54 Å². The summed E-state index contributed by atoms with van der Waals surface area (Å²) in [6.45, 7) is 3.12. The molecule has 0 aromatic heterocycles. The Hall–Kier alpha value is 0.0500. The number of nitrogens with one attached hydrogen (secondary N) is 1. The topological polar surface area (TPSA) is 12.0 Å². The molecule has 0 saturated heterocycles. The molecule has 0 spiro atoms. The Labute approximate surface area is 113 Å². The summed E-state index contributed by atoms with van der Waals surface area (Å²) in [5.41, 5.74) is 1.42. The van der Waals surface area contributed by atoms with Crippen LogP contribution in [0, 0.1) is 0 Å². The van der Waals surface area contributed by atoms with Gasteiger partial charge in [0.15, 0.2) is 0 Å². The molecular weight excluding hydrogens is 264 g/mol. The van der Waals surface area contributed by atoms with Gasteiger partial charge in [0.2, 0.25) is 0 Å². The molecule has 4 heteroatoms. The average molecular weight is 281 g/mol. The lowest BCUT2D eigenvalue weighted by Crippen LogP contribution is -2.47. The molecule has 0 unspecified atom stereocenters. The smallest absolute Gasteiger partial charge is 0.0595 e. The number of hydrogen-bond donors (Lipinski definition) is 1. The lowest BCUT2D eigenvalue weighted by molar-refractivity contribution is 0.190. The van der Waals surface area contributed by atoms with E-state index in [-0.39, 0.29) is 17.9 Å². The minimum absolute atomic E-state index is 0. The van der Waals surface area contributed by atoms with Gasteiger partial charge in [0.25, 0.3) is 0 Å². The van der Waals surface area contributed by atoms with Gasteiger partial charge in [-0.1, -0.05) is 36.2 Å². The van der Waals surface area contributed by atoms with Gasteiger partial charge in [0.05, 0.1) is 10.0 Å². The first-order chi connectivity index (χ1) is 7.18. The maximum atomic E-state index is 6.04. The van der Waals surface area contributed by atoms with Crippen LogP contribution < -0.4 is 5.32 Å². The first-order valence-electron chi connectivity index (χ1n) is 5.38. The molecule has 0 aliphatic heterocycles. The Morgan fingerprint density at radius 2 is 1.94 bits per heavy atom. The maximum Gasteiger partial charge on any atom is 0.0595 e. The van der Waals surface area contributed by atoms with Gasteiger partial charge in [-0.2, -0.15) is 0 Å². The maximum absolute atomic E-state index is 6.04. The molecule has 2 rings (SSSR count). The van der Waals surface area contributed by atoms with Gasteiger partial charge in [-0.05, 0) is 43.5 Å². The van der Waals surface area contributed by atoms with E-state index < -0.39 is 0 Å². The average Bonchev–Trinajstić information content (AvgIpc) is 2.16. The second-order valence-electron chi connectivity index (χ2n) is 4.09. The highest BCUT2D eigenvalue weighted by Crippen LogP contribution is 2.42. The molecule has 1 fully saturated rings. The van der Waals surface area contributed by atoms with Crippen LogP contribution in [0.2, 0.25) is 10.0 Å². The van der Waals surface area contributed by atoms with Crippen molar-refractivity contribution in [3.63, 3.8) is 0 Å². The van der Waals surface area contributed by atoms with E-state index in [0.29, 0.717) is 10.0 Å². The molecule has 1 N–H and O–H groups in total. The minimum Gasteiger partial charge on any atom is -0.308 e. The summed E-state index contributed by atoms with van der Waals surface area (Å²) in [5.74, 6) is 0. The Kier molecular flexibility index (Phi) is 4.93. The van der Waals surface area contributed by atoms with Crippen molar-refractivity contribution in [3.05, 3.63) is 33.8 Å². The van der Waals surface area contributed by atoms with Crippen molar-refractivity contribution in [1.82, 2.24) is 5.32 Å². The first kappa shape index (κ1) is 14.1. The zero-order valence-corrected chi connectivity index (χ0v) is 11.6. The van der Waals surface area contributed by atoms with E-state index in [1.54, 1.807) is 0 Å². The molecule has 0 atom stereocenters. The van der Waals surface area contributed by atoms with Crippen LogP contribution in [0.25, 0.3) is 0 Å². The Morgan fingerprint density at radius 1 is 1.25 bits per heavy atom. The van der Waals surface area contributed by atoms with Gasteiger partial charge in [-0.25, -0.2) is 0 Å². The van der Waals surface area contributed by atoms with Crippen molar-refractivity contribution in [2.24, 2.45) is 0 Å². The van der Waals surface area contributed by atoms with Gasteiger partial charge >= 0.3 is 0 Å². The third kappa shape index (κ3) is 2.48. The highest BCUT2D eigenvalue weighted by molar-refractivity contribution is 6.42. The molecule has 0 bridgehead atoms. The molecule has 16 heavy (non-hydrogen) atoms.